The van der Waals surface area contributed by atoms with Gasteiger partial charge in [-0.3, -0.25) is 9.36 Å². The van der Waals surface area contributed by atoms with Crippen molar-refractivity contribution >= 4 is 23.4 Å². The largest absolute Gasteiger partial charge is 0.315 e. The molecular weight excluding hydrogens is 344 g/mol. The number of amides is 1. The number of nitrogens with zero attached hydrogens (tertiary/aromatic N) is 4. The molecule has 3 rings (SSSR count). The van der Waals surface area contributed by atoms with Crippen LogP contribution in [0.15, 0.2) is 59.8 Å². The zero-order valence-corrected chi connectivity index (χ0v) is 16.2. The van der Waals surface area contributed by atoms with Gasteiger partial charge < -0.3 is 4.90 Å². The molecule has 0 saturated carbocycles. The molecule has 5 nitrogen and oxygen atoms in total. The van der Waals surface area contributed by atoms with Crippen molar-refractivity contribution in [1.29, 1.82) is 0 Å². The highest BCUT2D eigenvalue weighted by atomic mass is 32.2. The highest BCUT2D eigenvalue weighted by Crippen LogP contribution is 2.28. The Morgan fingerprint density at radius 3 is 2.38 bits per heavy atom. The first-order valence-electron chi connectivity index (χ1n) is 8.46. The van der Waals surface area contributed by atoms with Crippen LogP contribution in [0.3, 0.4) is 0 Å². The SMILES string of the molecule is Cc1ccccc1-n1c(C)nnc1SC(C)C(=O)N(C)c1ccccc1. The van der Waals surface area contributed by atoms with Gasteiger partial charge in [0.1, 0.15) is 5.82 Å². The summed E-state index contributed by atoms with van der Waals surface area (Å²) >= 11 is 1.42. The van der Waals surface area contributed by atoms with E-state index in [1.54, 1.807) is 11.9 Å². The Morgan fingerprint density at radius 1 is 1.04 bits per heavy atom. The molecule has 1 amide bonds. The van der Waals surface area contributed by atoms with Gasteiger partial charge in [0, 0.05) is 12.7 Å². The van der Waals surface area contributed by atoms with Gasteiger partial charge in [-0.1, -0.05) is 48.2 Å². The van der Waals surface area contributed by atoms with E-state index in [4.69, 9.17) is 0 Å². The van der Waals surface area contributed by atoms with E-state index in [1.807, 2.05) is 66.9 Å². The summed E-state index contributed by atoms with van der Waals surface area (Å²) in [5, 5.41) is 8.95. The second kappa shape index (κ2) is 7.74. The molecule has 134 valence electrons. The van der Waals surface area contributed by atoms with Crippen LogP contribution >= 0.6 is 11.8 Å². The number of hydrogen-bond donors (Lipinski definition) is 0. The Hall–Kier alpha value is -2.60. The van der Waals surface area contributed by atoms with E-state index in [0.717, 1.165) is 27.9 Å². The number of aromatic nitrogens is 3. The number of aryl methyl sites for hydroxylation is 2. The zero-order valence-electron chi connectivity index (χ0n) is 15.4. The molecule has 1 heterocycles. The average Bonchev–Trinajstić information content (AvgIpc) is 3.01. The quantitative estimate of drug-likeness (QED) is 0.640. The van der Waals surface area contributed by atoms with E-state index in [0.29, 0.717) is 0 Å². The topological polar surface area (TPSA) is 51.0 Å². The molecule has 0 saturated heterocycles. The minimum atomic E-state index is -0.286. The summed E-state index contributed by atoms with van der Waals surface area (Å²) in [5.74, 6) is 0.830. The molecule has 0 aliphatic carbocycles. The molecule has 2 aromatic carbocycles. The van der Waals surface area contributed by atoms with Crippen molar-refractivity contribution in [1.82, 2.24) is 14.8 Å². The molecule has 1 atom stereocenters. The fourth-order valence-corrected chi connectivity index (χ4v) is 3.77. The lowest BCUT2D eigenvalue weighted by atomic mass is 10.2. The third kappa shape index (κ3) is 3.65. The van der Waals surface area contributed by atoms with Crippen LogP contribution in [-0.4, -0.2) is 33.0 Å². The van der Waals surface area contributed by atoms with Crippen LogP contribution < -0.4 is 4.90 Å². The summed E-state index contributed by atoms with van der Waals surface area (Å²) in [6, 6.07) is 17.7. The number of carbonyl (C=O) groups excluding carboxylic acids is 1. The molecule has 0 spiro atoms. The Morgan fingerprint density at radius 2 is 1.69 bits per heavy atom. The molecule has 1 aromatic heterocycles. The van der Waals surface area contributed by atoms with E-state index in [1.165, 1.54) is 11.8 Å². The van der Waals surface area contributed by atoms with Gasteiger partial charge in [0.2, 0.25) is 5.91 Å². The first-order chi connectivity index (χ1) is 12.5. The van der Waals surface area contributed by atoms with Crippen molar-refractivity contribution in [2.24, 2.45) is 0 Å². The van der Waals surface area contributed by atoms with Crippen LogP contribution in [0.4, 0.5) is 5.69 Å². The number of carbonyl (C=O) groups is 1. The molecule has 0 aliphatic heterocycles. The summed E-state index contributed by atoms with van der Waals surface area (Å²) < 4.78 is 2.01. The van der Waals surface area contributed by atoms with Crippen LogP contribution in [0, 0.1) is 13.8 Å². The highest BCUT2D eigenvalue weighted by Gasteiger charge is 2.23. The molecular formula is C20H22N4OS. The Kier molecular flexibility index (Phi) is 5.42. The van der Waals surface area contributed by atoms with Crippen molar-refractivity contribution < 1.29 is 4.79 Å². The molecule has 0 fully saturated rings. The van der Waals surface area contributed by atoms with Crippen LogP contribution in [-0.2, 0) is 4.79 Å². The first kappa shape index (κ1) is 18.2. The highest BCUT2D eigenvalue weighted by molar-refractivity contribution is 8.00. The van der Waals surface area contributed by atoms with Gasteiger partial charge in [-0.2, -0.15) is 0 Å². The minimum absolute atomic E-state index is 0.0261. The average molecular weight is 366 g/mol. The maximum absolute atomic E-state index is 12.8. The standard InChI is InChI=1S/C20H22N4OS/c1-14-10-8-9-13-18(14)24-16(3)21-22-20(24)26-15(2)19(25)23(4)17-11-6-5-7-12-17/h5-13,15H,1-4H3. The normalized spacial score (nSPS) is 12.0. The predicted octanol–water partition coefficient (Wildman–Crippen LogP) is 4.03. The van der Waals surface area contributed by atoms with Gasteiger partial charge >= 0.3 is 0 Å². The summed E-state index contributed by atoms with van der Waals surface area (Å²) in [7, 11) is 1.80. The lowest BCUT2D eigenvalue weighted by Crippen LogP contribution is -2.33. The van der Waals surface area contributed by atoms with E-state index in [9.17, 15) is 4.79 Å². The van der Waals surface area contributed by atoms with Crippen molar-refractivity contribution in [3.05, 3.63) is 66.0 Å². The van der Waals surface area contributed by atoms with Crippen molar-refractivity contribution in [2.75, 3.05) is 11.9 Å². The molecule has 26 heavy (non-hydrogen) atoms. The van der Waals surface area contributed by atoms with E-state index >= 15 is 0 Å². The zero-order chi connectivity index (χ0) is 18.7. The van der Waals surface area contributed by atoms with E-state index in [2.05, 4.69) is 23.2 Å². The van der Waals surface area contributed by atoms with Gasteiger partial charge in [0.25, 0.3) is 0 Å². The molecule has 3 aromatic rings. The second-order valence-electron chi connectivity index (χ2n) is 6.14. The summed E-state index contributed by atoms with van der Waals surface area (Å²) in [4.78, 5) is 14.5. The molecule has 0 aliphatic rings. The number of hydrogen-bond acceptors (Lipinski definition) is 4. The molecule has 0 radical (unpaired) electrons. The Balaban J connectivity index is 1.84. The third-order valence-electron chi connectivity index (χ3n) is 4.26. The minimum Gasteiger partial charge on any atom is -0.315 e. The number of benzene rings is 2. The van der Waals surface area contributed by atoms with Crippen LogP contribution in [0.5, 0.6) is 0 Å². The van der Waals surface area contributed by atoms with Gasteiger partial charge in [-0.15, -0.1) is 10.2 Å². The number of thioether (sulfide) groups is 1. The van der Waals surface area contributed by atoms with Crippen molar-refractivity contribution in [2.45, 2.75) is 31.2 Å². The summed E-state index contributed by atoms with van der Waals surface area (Å²) in [5.41, 5.74) is 3.05. The fraction of sp³-hybridized carbons (Fsp3) is 0.250. The maximum Gasteiger partial charge on any atom is 0.240 e. The van der Waals surface area contributed by atoms with Crippen LogP contribution in [0.25, 0.3) is 5.69 Å². The number of para-hydroxylation sites is 2. The monoisotopic (exact) mass is 366 g/mol. The van der Waals surface area contributed by atoms with Gasteiger partial charge in [-0.25, -0.2) is 0 Å². The molecule has 1 unspecified atom stereocenters. The maximum atomic E-state index is 12.8. The van der Waals surface area contributed by atoms with Gasteiger partial charge in [0.15, 0.2) is 5.16 Å². The lowest BCUT2D eigenvalue weighted by Gasteiger charge is -2.21. The van der Waals surface area contributed by atoms with Gasteiger partial charge in [-0.05, 0) is 44.5 Å². The Bertz CT molecular complexity index is 907. The van der Waals surface area contributed by atoms with Crippen LogP contribution in [0.2, 0.25) is 0 Å². The smallest absolute Gasteiger partial charge is 0.240 e. The lowest BCUT2D eigenvalue weighted by molar-refractivity contribution is -0.117. The van der Waals surface area contributed by atoms with E-state index < -0.39 is 0 Å². The second-order valence-corrected chi connectivity index (χ2v) is 7.45. The molecule has 0 bridgehead atoms. The Labute approximate surface area is 158 Å². The van der Waals surface area contributed by atoms with E-state index in [-0.39, 0.29) is 11.2 Å². The predicted molar refractivity (Wildman–Crippen MR) is 106 cm³/mol. The van der Waals surface area contributed by atoms with Gasteiger partial charge in [0.05, 0.1) is 10.9 Å². The number of rotatable bonds is 5. The molecule has 0 N–H and O–H groups in total. The fourth-order valence-electron chi connectivity index (χ4n) is 2.77. The van der Waals surface area contributed by atoms with Crippen LogP contribution in [0.1, 0.15) is 18.3 Å². The summed E-state index contributed by atoms with van der Waals surface area (Å²) in [6.45, 7) is 5.88. The van der Waals surface area contributed by atoms with Crippen molar-refractivity contribution in [3.63, 3.8) is 0 Å². The first-order valence-corrected chi connectivity index (χ1v) is 9.34. The summed E-state index contributed by atoms with van der Waals surface area (Å²) in [6.07, 6.45) is 0. The third-order valence-corrected chi connectivity index (χ3v) is 5.29. The molecule has 6 heteroatoms. The van der Waals surface area contributed by atoms with Crippen molar-refractivity contribution in [3.8, 4) is 5.69 Å². The number of anilines is 1.